The van der Waals surface area contributed by atoms with Crippen LogP contribution in [0.15, 0.2) is 24.4 Å². The Kier molecular flexibility index (Phi) is 2.18. The van der Waals surface area contributed by atoms with Crippen molar-refractivity contribution < 1.29 is 9.59 Å². The molecule has 3 amide bonds. The summed E-state index contributed by atoms with van der Waals surface area (Å²) in [6.45, 7) is 1.71. The van der Waals surface area contributed by atoms with Gasteiger partial charge in [-0.25, -0.2) is 4.79 Å². The van der Waals surface area contributed by atoms with E-state index in [0.29, 0.717) is 5.69 Å². The predicted molar refractivity (Wildman–Crippen MR) is 57.5 cm³/mol. The van der Waals surface area contributed by atoms with Crippen LogP contribution in [0, 0.1) is 0 Å². The summed E-state index contributed by atoms with van der Waals surface area (Å²) in [4.78, 5) is 30.5. The lowest BCUT2D eigenvalue weighted by atomic mass is 9.96. The van der Waals surface area contributed by atoms with E-state index in [4.69, 9.17) is 0 Å². The Morgan fingerprint density at radius 1 is 1.25 bits per heavy atom. The summed E-state index contributed by atoms with van der Waals surface area (Å²) >= 11 is 0. The number of urea groups is 1. The SMILES string of the molecule is CN1C(=O)N(C)[C@@](C)(c2ccccn2)C1=O. The molecule has 0 N–H and O–H groups in total. The highest BCUT2D eigenvalue weighted by atomic mass is 16.2. The van der Waals surface area contributed by atoms with Crippen molar-refractivity contribution in [1.82, 2.24) is 14.8 Å². The third-order valence-electron chi connectivity index (χ3n) is 3.13. The van der Waals surface area contributed by atoms with Crippen LogP contribution in [0.1, 0.15) is 12.6 Å². The third-order valence-corrected chi connectivity index (χ3v) is 3.13. The first-order valence-electron chi connectivity index (χ1n) is 4.97. The zero-order valence-corrected chi connectivity index (χ0v) is 9.47. The minimum Gasteiger partial charge on any atom is -0.307 e. The standard InChI is InChI=1S/C11H13N3O2/c1-11(8-6-4-5-7-12-8)9(15)13(2)10(16)14(11)3/h4-7H,1-3H3/t11-/m0/s1. The summed E-state index contributed by atoms with van der Waals surface area (Å²) < 4.78 is 0. The summed E-state index contributed by atoms with van der Waals surface area (Å²) in [6.07, 6.45) is 1.62. The number of imide groups is 1. The van der Waals surface area contributed by atoms with E-state index < -0.39 is 5.54 Å². The molecule has 5 nitrogen and oxygen atoms in total. The molecule has 2 rings (SSSR count). The normalized spacial score (nSPS) is 25.4. The Balaban J connectivity index is 2.54. The van der Waals surface area contributed by atoms with E-state index in [-0.39, 0.29) is 11.9 Å². The van der Waals surface area contributed by atoms with E-state index in [1.54, 1.807) is 38.4 Å². The van der Waals surface area contributed by atoms with Crippen LogP contribution in [-0.4, -0.2) is 40.8 Å². The molecular weight excluding hydrogens is 206 g/mol. The van der Waals surface area contributed by atoms with Crippen molar-refractivity contribution in [1.29, 1.82) is 0 Å². The van der Waals surface area contributed by atoms with E-state index in [9.17, 15) is 9.59 Å². The number of hydrogen-bond donors (Lipinski definition) is 0. The van der Waals surface area contributed by atoms with Gasteiger partial charge in [0.15, 0.2) is 5.54 Å². The predicted octanol–water partition coefficient (Wildman–Crippen LogP) is 0.821. The molecule has 0 radical (unpaired) electrons. The average Bonchev–Trinajstić information content (AvgIpc) is 2.47. The second-order valence-electron chi connectivity index (χ2n) is 3.99. The fourth-order valence-corrected chi connectivity index (χ4v) is 1.91. The Morgan fingerprint density at radius 2 is 1.94 bits per heavy atom. The van der Waals surface area contributed by atoms with Crippen molar-refractivity contribution in [2.45, 2.75) is 12.5 Å². The highest BCUT2D eigenvalue weighted by Crippen LogP contribution is 2.33. The monoisotopic (exact) mass is 219 g/mol. The molecule has 0 aromatic carbocycles. The van der Waals surface area contributed by atoms with Crippen LogP contribution in [0.25, 0.3) is 0 Å². The van der Waals surface area contributed by atoms with Gasteiger partial charge >= 0.3 is 6.03 Å². The van der Waals surface area contributed by atoms with Gasteiger partial charge in [-0.15, -0.1) is 0 Å². The smallest absolute Gasteiger partial charge is 0.307 e. The van der Waals surface area contributed by atoms with Gasteiger partial charge < -0.3 is 4.90 Å². The number of amides is 3. The van der Waals surface area contributed by atoms with Gasteiger partial charge in [-0.3, -0.25) is 14.7 Å². The molecular formula is C11H13N3O2. The zero-order chi connectivity index (χ0) is 11.9. The van der Waals surface area contributed by atoms with E-state index >= 15 is 0 Å². The molecule has 5 heteroatoms. The molecule has 1 atom stereocenters. The fourth-order valence-electron chi connectivity index (χ4n) is 1.91. The summed E-state index contributed by atoms with van der Waals surface area (Å²) in [5, 5.41) is 0. The topological polar surface area (TPSA) is 53.5 Å². The van der Waals surface area contributed by atoms with Crippen LogP contribution < -0.4 is 0 Å². The highest BCUT2D eigenvalue weighted by molar-refractivity contribution is 6.06. The maximum atomic E-state index is 12.1. The molecule has 0 bridgehead atoms. The number of pyridine rings is 1. The number of nitrogens with zero attached hydrogens (tertiary/aromatic N) is 3. The molecule has 0 spiro atoms. The first-order valence-corrected chi connectivity index (χ1v) is 4.97. The van der Waals surface area contributed by atoms with Crippen molar-refractivity contribution in [3.8, 4) is 0 Å². The zero-order valence-electron chi connectivity index (χ0n) is 9.47. The summed E-state index contributed by atoms with van der Waals surface area (Å²) in [7, 11) is 3.09. The second-order valence-corrected chi connectivity index (χ2v) is 3.99. The van der Waals surface area contributed by atoms with Gasteiger partial charge in [0.2, 0.25) is 0 Å². The van der Waals surface area contributed by atoms with Crippen LogP contribution in [0.3, 0.4) is 0 Å². The molecule has 0 aliphatic carbocycles. The Labute approximate surface area is 93.7 Å². The number of hydrogen-bond acceptors (Lipinski definition) is 3. The first kappa shape index (κ1) is 10.6. The Bertz CT molecular complexity index is 446. The number of carbonyl (C=O) groups is 2. The van der Waals surface area contributed by atoms with Crippen LogP contribution >= 0.6 is 0 Å². The molecule has 1 aromatic heterocycles. The Morgan fingerprint density at radius 3 is 2.38 bits per heavy atom. The molecule has 0 unspecified atom stereocenters. The van der Waals surface area contributed by atoms with E-state index in [0.717, 1.165) is 4.90 Å². The van der Waals surface area contributed by atoms with Crippen molar-refractivity contribution in [3.63, 3.8) is 0 Å². The van der Waals surface area contributed by atoms with E-state index in [1.807, 2.05) is 0 Å². The average molecular weight is 219 g/mol. The second kappa shape index (κ2) is 3.30. The van der Waals surface area contributed by atoms with Crippen molar-refractivity contribution >= 4 is 11.9 Å². The van der Waals surface area contributed by atoms with Gasteiger partial charge in [0.05, 0.1) is 5.69 Å². The molecule has 1 saturated heterocycles. The summed E-state index contributed by atoms with van der Waals surface area (Å²) in [5.74, 6) is -0.251. The largest absolute Gasteiger partial charge is 0.327 e. The maximum Gasteiger partial charge on any atom is 0.327 e. The number of carbonyl (C=O) groups excluding carboxylic acids is 2. The van der Waals surface area contributed by atoms with Gasteiger partial charge in [0, 0.05) is 20.3 Å². The lowest BCUT2D eigenvalue weighted by Gasteiger charge is -2.27. The van der Waals surface area contributed by atoms with Gasteiger partial charge in [-0.2, -0.15) is 0 Å². The third kappa shape index (κ3) is 1.14. The van der Waals surface area contributed by atoms with E-state index in [1.165, 1.54) is 11.9 Å². The molecule has 1 aliphatic heterocycles. The molecule has 16 heavy (non-hydrogen) atoms. The molecule has 84 valence electrons. The minimum atomic E-state index is -0.993. The van der Waals surface area contributed by atoms with Gasteiger partial charge in [0.1, 0.15) is 0 Å². The molecule has 1 aromatic rings. The van der Waals surface area contributed by atoms with Crippen LogP contribution in [0.4, 0.5) is 4.79 Å². The Hall–Kier alpha value is -1.91. The fraction of sp³-hybridized carbons (Fsp3) is 0.364. The van der Waals surface area contributed by atoms with Crippen molar-refractivity contribution in [2.75, 3.05) is 14.1 Å². The van der Waals surface area contributed by atoms with Gasteiger partial charge in [-0.1, -0.05) is 6.07 Å². The number of aromatic nitrogens is 1. The first-order chi connectivity index (χ1) is 7.49. The van der Waals surface area contributed by atoms with Gasteiger partial charge in [0.25, 0.3) is 5.91 Å². The molecule has 1 aliphatic rings. The van der Waals surface area contributed by atoms with Crippen LogP contribution in [0.2, 0.25) is 0 Å². The van der Waals surface area contributed by atoms with Crippen LogP contribution in [0.5, 0.6) is 0 Å². The number of rotatable bonds is 1. The quantitative estimate of drug-likeness (QED) is 0.657. The van der Waals surface area contributed by atoms with Crippen LogP contribution in [-0.2, 0) is 10.3 Å². The minimum absolute atomic E-state index is 0.251. The lowest BCUT2D eigenvalue weighted by Crippen LogP contribution is -2.42. The van der Waals surface area contributed by atoms with Gasteiger partial charge in [-0.05, 0) is 19.1 Å². The van der Waals surface area contributed by atoms with Crippen molar-refractivity contribution in [3.05, 3.63) is 30.1 Å². The van der Waals surface area contributed by atoms with E-state index in [2.05, 4.69) is 4.98 Å². The van der Waals surface area contributed by atoms with Crippen molar-refractivity contribution in [2.24, 2.45) is 0 Å². The maximum absolute atomic E-state index is 12.1. The molecule has 2 heterocycles. The number of likely N-dealkylation sites (N-methyl/N-ethyl adjacent to an activating group) is 2. The summed E-state index contributed by atoms with van der Waals surface area (Å²) in [6, 6.07) is 5.02. The summed E-state index contributed by atoms with van der Waals surface area (Å²) in [5.41, 5.74) is -0.409. The highest BCUT2D eigenvalue weighted by Gasteiger charge is 2.53. The molecule has 1 fully saturated rings. The lowest BCUT2D eigenvalue weighted by molar-refractivity contribution is -0.132. The molecule has 0 saturated carbocycles.